The molecule has 19 heavy (non-hydrogen) atoms. The predicted molar refractivity (Wildman–Crippen MR) is 72.3 cm³/mol. The van der Waals surface area contributed by atoms with Crippen LogP contribution in [0.25, 0.3) is 0 Å². The van der Waals surface area contributed by atoms with Gasteiger partial charge < -0.3 is 11.1 Å². The lowest BCUT2D eigenvalue weighted by Gasteiger charge is -2.14. The molecular weight excluding hydrogens is 265 g/mol. The van der Waals surface area contributed by atoms with Gasteiger partial charge in [-0.1, -0.05) is 18.2 Å². The number of aromatic nitrogens is 1. The summed E-state index contributed by atoms with van der Waals surface area (Å²) >= 11 is 1.33. The number of amides is 1. The first kappa shape index (κ1) is 13.6. The molecule has 0 bridgehead atoms. The molecule has 0 saturated heterocycles. The third-order valence-corrected chi connectivity index (χ3v) is 3.55. The highest BCUT2D eigenvalue weighted by Gasteiger charge is 2.16. The van der Waals surface area contributed by atoms with Gasteiger partial charge >= 0.3 is 0 Å². The van der Waals surface area contributed by atoms with Crippen LogP contribution in [0.1, 0.15) is 34.0 Å². The minimum atomic E-state index is -0.420. The third kappa shape index (κ3) is 3.15. The highest BCUT2D eigenvalue weighted by Crippen LogP contribution is 2.17. The van der Waals surface area contributed by atoms with Gasteiger partial charge in [0.1, 0.15) is 16.5 Å². The monoisotopic (exact) mass is 279 g/mol. The molecular formula is C13H14FN3OS. The molecule has 0 saturated carbocycles. The number of nitrogens with one attached hydrogen (secondary N) is 1. The quantitative estimate of drug-likeness (QED) is 0.901. The number of nitrogens with zero attached hydrogens (tertiary/aromatic N) is 1. The van der Waals surface area contributed by atoms with Gasteiger partial charge in [0.25, 0.3) is 5.91 Å². The lowest BCUT2D eigenvalue weighted by atomic mass is 10.1. The highest BCUT2D eigenvalue weighted by molar-refractivity contribution is 7.09. The Morgan fingerprint density at radius 3 is 2.89 bits per heavy atom. The summed E-state index contributed by atoms with van der Waals surface area (Å²) in [5.74, 6) is -0.664. The minimum Gasteiger partial charge on any atom is -0.344 e. The summed E-state index contributed by atoms with van der Waals surface area (Å²) in [7, 11) is 0. The van der Waals surface area contributed by atoms with Gasteiger partial charge in [-0.05, 0) is 13.0 Å². The summed E-state index contributed by atoms with van der Waals surface area (Å²) in [6.45, 7) is 2.04. The average molecular weight is 279 g/mol. The van der Waals surface area contributed by atoms with Crippen LogP contribution in [-0.4, -0.2) is 10.9 Å². The Hall–Kier alpha value is -1.79. The maximum absolute atomic E-state index is 13.6. The number of halogens is 1. The Morgan fingerprint density at radius 1 is 1.53 bits per heavy atom. The van der Waals surface area contributed by atoms with Crippen LogP contribution in [0.5, 0.6) is 0 Å². The van der Waals surface area contributed by atoms with Gasteiger partial charge in [0.15, 0.2) is 0 Å². The number of carbonyl (C=O) groups is 1. The number of hydrogen-bond acceptors (Lipinski definition) is 4. The second kappa shape index (κ2) is 5.90. The van der Waals surface area contributed by atoms with Crippen molar-refractivity contribution >= 4 is 17.2 Å². The molecule has 6 heteroatoms. The molecule has 100 valence electrons. The van der Waals surface area contributed by atoms with E-state index in [1.807, 2.05) is 0 Å². The first-order valence-corrected chi connectivity index (χ1v) is 6.69. The number of thiazole rings is 1. The first-order valence-electron chi connectivity index (χ1n) is 5.81. The summed E-state index contributed by atoms with van der Waals surface area (Å²) in [5, 5.41) is 5.06. The van der Waals surface area contributed by atoms with E-state index in [1.54, 1.807) is 30.5 Å². The molecule has 0 spiro atoms. The normalized spacial score (nSPS) is 12.2. The van der Waals surface area contributed by atoms with Crippen LogP contribution < -0.4 is 11.1 Å². The van der Waals surface area contributed by atoms with Gasteiger partial charge in [-0.25, -0.2) is 9.37 Å². The van der Waals surface area contributed by atoms with E-state index in [0.29, 0.717) is 22.8 Å². The Morgan fingerprint density at radius 2 is 2.26 bits per heavy atom. The zero-order valence-corrected chi connectivity index (χ0v) is 11.2. The van der Waals surface area contributed by atoms with Crippen molar-refractivity contribution in [3.63, 3.8) is 0 Å². The molecule has 0 fully saturated rings. The molecule has 0 aliphatic carbocycles. The summed E-state index contributed by atoms with van der Waals surface area (Å²) in [6, 6.07) is 5.94. The summed E-state index contributed by atoms with van der Waals surface area (Å²) in [6.07, 6.45) is 0. The molecule has 1 atom stereocenters. The van der Waals surface area contributed by atoms with Crippen molar-refractivity contribution in [2.45, 2.75) is 19.5 Å². The van der Waals surface area contributed by atoms with Crippen molar-refractivity contribution in [2.24, 2.45) is 5.73 Å². The van der Waals surface area contributed by atoms with Gasteiger partial charge in [-0.2, -0.15) is 0 Å². The number of benzene rings is 1. The Balaban J connectivity index is 2.08. The molecule has 0 aliphatic rings. The fourth-order valence-corrected chi connectivity index (χ4v) is 2.34. The van der Waals surface area contributed by atoms with Crippen molar-refractivity contribution in [2.75, 3.05) is 0 Å². The number of carbonyl (C=O) groups excluding carboxylic acids is 1. The summed E-state index contributed by atoms with van der Waals surface area (Å²) < 4.78 is 13.6. The van der Waals surface area contributed by atoms with Gasteiger partial charge in [-0.15, -0.1) is 11.3 Å². The molecule has 1 amide bonds. The van der Waals surface area contributed by atoms with Crippen LogP contribution in [0.3, 0.4) is 0 Å². The number of hydrogen-bond donors (Lipinski definition) is 2. The minimum absolute atomic E-state index is 0.306. The van der Waals surface area contributed by atoms with Crippen LogP contribution in [-0.2, 0) is 6.54 Å². The van der Waals surface area contributed by atoms with Crippen LogP contribution in [0.15, 0.2) is 29.6 Å². The number of nitrogens with two attached hydrogens (primary N) is 1. The van der Waals surface area contributed by atoms with E-state index in [-0.39, 0.29) is 11.7 Å². The van der Waals surface area contributed by atoms with Gasteiger partial charge in [0.05, 0.1) is 6.04 Å². The van der Waals surface area contributed by atoms with Crippen LogP contribution in [0, 0.1) is 5.82 Å². The van der Waals surface area contributed by atoms with E-state index in [0.717, 1.165) is 0 Å². The molecule has 3 N–H and O–H groups in total. The smallest absolute Gasteiger partial charge is 0.271 e. The van der Waals surface area contributed by atoms with Crippen LogP contribution in [0.2, 0.25) is 0 Å². The molecule has 4 nitrogen and oxygen atoms in total. The second-order valence-electron chi connectivity index (χ2n) is 4.05. The van der Waals surface area contributed by atoms with Crippen LogP contribution in [0.4, 0.5) is 4.39 Å². The Bertz CT molecular complexity index is 585. The van der Waals surface area contributed by atoms with Crippen molar-refractivity contribution in [1.82, 2.24) is 10.3 Å². The van der Waals surface area contributed by atoms with E-state index in [4.69, 9.17) is 5.73 Å². The van der Waals surface area contributed by atoms with Crippen molar-refractivity contribution < 1.29 is 9.18 Å². The van der Waals surface area contributed by atoms with E-state index >= 15 is 0 Å². The van der Waals surface area contributed by atoms with Crippen molar-refractivity contribution in [1.29, 1.82) is 0 Å². The topological polar surface area (TPSA) is 68.0 Å². The lowest BCUT2D eigenvalue weighted by molar-refractivity contribution is 0.0935. The predicted octanol–water partition coefficient (Wildman–Crippen LogP) is 2.23. The van der Waals surface area contributed by atoms with E-state index in [2.05, 4.69) is 10.3 Å². The highest BCUT2D eigenvalue weighted by atomic mass is 32.1. The molecule has 1 aromatic carbocycles. The molecule has 2 aromatic rings. The fourth-order valence-electron chi connectivity index (χ4n) is 1.68. The maximum Gasteiger partial charge on any atom is 0.271 e. The largest absolute Gasteiger partial charge is 0.344 e. The molecule has 1 unspecified atom stereocenters. The SMILES string of the molecule is CC(NC(=O)c1csc(CN)n1)c1ccccc1F. The zero-order chi connectivity index (χ0) is 13.8. The van der Waals surface area contributed by atoms with E-state index in [9.17, 15) is 9.18 Å². The molecule has 1 heterocycles. The van der Waals surface area contributed by atoms with Gasteiger partial charge in [0, 0.05) is 17.5 Å². The molecule has 1 aromatic heterocycles. The average Bonchev–Trinajstić information content (AvgIpc) is 2.88. The summed E-state index contributed by atoms with van der Waals surface area (Å²) in [5.41, 5.74) is 6.20. The maximum atomic E-state index is 13.6. The van der Waals surface area contributed by atoms with Gasteiger partial charge in [0.2, 0.25) is 0 Å². The molecule has 0 aliphatic heterocycles. The standard InChI is InChI=1S/C13H14FN3OS/c1-8(9-4-2-3-5-10(9)14)16-13(18)11-7-19-12(6-15)17-11/h2-5,7-8H,6,15H2,1H3,(H,16,18). The number of rotatable bonds is 4. The first-order chi connectivity index (χ1) is 9.11. The molecule has 0 radical (unpaired) electrons. The van der Waals surface area contributed by atoms with Crippen LogP contribution >= 0.6 is 11.3 Å². The van der Waals surface area contributed by atoms with Crippen molar-refractivity contribution in [3.05, 3.63) is 51.7 Å². The second-order valence-corrected chi connectivity index (χ2v) is 4.99. The fraction of sp³-hybridized carbons (Fsp3) is 0.231. The van der Waals surface area contributed by atoms with E-state index < -0.39 is 6.04 Å². The van der Waals surface area contributed by atoms with Crippen molar-refractivity contribution in [3.8, 4) is 0 Å². The third-order valence-electron chi connectivity index (χ3n) is 2.68. The van der Waals surface area contributed by atoms with E-state index in [1.165, 1.54) is 17.4 Å². The molecule has 2 rings (SSSR count). The Labute approximate surface area is 114 Å². The van der Waals surface area contributed by atoms with Gasteiger partial charge in [-0.3, -0.25) is 4.79 Å². The zero-order valence-electron chi connectivity index (χ0n) is 10.4. The summed E-state index contributed by atoms with van der Waals surface area (Å²) in [4.78, 5) is 16.0. The lowest BCUT2D eigenvalue weighted by Crippen LogP contribution is -2.27. The Kier molecular flexibility index (Phi) is 4.24.